The van der Waals surface area contributed by atoms with E-state index in [2.05, 4.69) is 27.8 Å². The van der Waals surface area contributed by atoms with Gasteiger partial charge in [-0.25, -0.2) is 0 Å². The molecule has 5 nitrogen and oxygen atoms in total. The number of fused-ring (bicyclic) bond motifs is 1. The van der Waals surface area contributed by atoms with E-state index in [0.29, 0.717) is 5.75 Å². The molecule has 0 aliphatic rings. The van der Waals surface area contributed by atoms with Crippen molar-refractivity contribution in [3.63, 3.8) is 0 Å². The molecule has 24 heavy (non-hydrogen) atoms. The van der Waals surface area contributed by atoms with Crippen LogP contribution in [0.4, 0.5) is 10.8 Å². The van der Waals surface area contributed by atoms with Crippen molar-refractivity contribution in [2.24, 2.45) is 0 Å². The van der Waals surface area contributed by atoms with Crippen molar-refractivity contribution >= 4 is 50.6 Å². The summed E-state index contributed by atoms with van der Waals surface area (Å²) in [4.78, 5) is 12.2. The lowest BCUT2D eigenvalue weighted by Gasteiger charge is -2.08. The Bertz CT molecular complexity index is 829. The molecular formula is C17H18N4OS2. The molecule has 2 aromatic carbocycles. The second-order valence-corrected chi connectivity index (χ2v) is 7.36. The molecule has 0 spiro atoms. The average molecular weight is 358 g/mol. The lowest BCUT2D eigenvalue weighted by molar-refractivity contribution is -0.113. The number of amides is 1. The van der Waals surface area contributed by atoms with Crippen molar-refractivity contribution in [3.8, 4) is 0 Å². The van der Waals surface area contributed by atoms with Gasteiger partial charge in [0, 0.05) is 17.6 Å². The van der Waals surface area contributed by atoms with E-state index in [1.165, 1.54) is 23.1 Å². The number of rotatable bonds is 7. The molecule has 0 saturated carbocycles. The van der Waals surface area contributed by atoms with E-state index in [9.17, 15) is 4.79 Å². The maximum atomic E-state index is 12.2. The fraction of sp³-hybridized carbons (Fsp3) is 0.235. The highest BCUT2D eigenvalue weighted by molar-refractivity contribution is 8.01. The third kappa shape index (κ3) is 4.24. The molecule has 1 heterocycles. The van der Waals surface area contributed by atoms with Crippen molar-refractivity contribution in [3.05, 3.63) is 42.5 Å². The third-order valence-corrected chi connectivity index (χ3v) is 5.34. The van der Waals surface area contributed by atoms with Crippen LogP contribution in [0.15, 0.2) is 46.8 Å². The number of carbonyl (C=O) groups excluding carboxylic acids is 1. The van der Waals surface area contributed by atoms with E-state index >= 15 is 0 Å². The summed E-state index contributed by atoms with van der Waals surface area (Å²) < 4.78 is 0.793. The van der Waals surface area contributed by atoms with Gasteiger partial charge in [-0.05, 0) is 17.9 Å². The molecule has 7 heteroatoms. The van der Waals surface area contributed by atoms with Gasteiger partial charge in [-0.15, -0.1) is 10.2 Å². The minimum atomic E-state index is -0.0466. The second kappa shape index (κ2) is 8.12. The molecule has 1 aromatic heterocycles. The quantitative estimate of drug-likeness (QED) is 0.618. The number of benzene rings is 2. The van der Waals surface area contributed by atoms with E-state index < -0.39 is 0 Å². The summed E-state index contributed by atoms with van der Waals surface area (Å²) >= 11 is 2.87. The van der Waals surface area contributed by atoms with E-state index in [1.807, 2.05) is 42.5 Å². The molecule has 124 valence electrons. The van der Waals surface area contributed by atoms with Crippen LogP contribution in [0.5, 0.6) is 0 Å². The van der Waals surface area contributed by atoms with Crippen molar-refractivity contribution in [1.82, 2.24) is 10.2 Å². The van der Waals surface area contributed by atoms with Crippen molar-refractivity contribution in [2.45, 2.75) is 17.7 Å². The lowest BCUT2D eigenvalue weighted by atomic mass is 10.1. The largest absolute Gasteiger partial charge is 0.360 e. The van der Waals surface area contributed by atoms with E-state index in [0.717, 1.165) is 38.9 Å². The minimum Gasteiger partial charge on any atom is -0.360 e. The predicted octanol–water partition coefficient (Wildman–Crippen LogP) is 4.24. The Labute approximate surface area is 148 Å². The Balaban J connectivity index is 1.58. The standard InChI is InChI=1S/C17H18N4OS2/c1-2-10-18-16-20-21-17(24-16)23-11-15(22)19-14-9-5-7-12-6-3-4-8-13(12)14/h3-9H,2,10-11H2,1H3,(H,18,20)(H,19,22). The molecule has 0 aliphatic heterocycles. The summed E-state index contributed by atoms with van der Waals surface area (Å²) in [5, 5.41) is 17.3. The Morgan fingerprint density at radius 2 is 2.00 bits per heavy atom. The highest BCUT2D eigenvalue weighted by Gasteiger charge is 2.09. The van der Waals surface area contributed by atoms with Gasteiger partial charge in [0.25, 0.3) is 0 Å². The number of hydrogen-bond donors (Lipinski definition) is 2. The third-order valence-electron chi connectivity index (χ3n) is 3.32. The molecule has 3 rings (SSSR count). The Kier molecular flexibility index (Phi) is 5.66. The van der Waals surface area contributed by atoms with Gasteiger partial charge in [0.1, 0.15) is 0 Å². The molecule has 0 atom stereocenters. The number of hydrogen-bond acceptors (Lipinski definition) is 6. The number of carbonyl (C=O) groups is 1. The van der Waals surface area contributed by atoms with Crippen LogP contribution in [0.25, 0.3) is 10.8 Å². The molecule has 0 bridgehead atoms. The first kappa shape index (κ1) is 16.7. The SMILES string of the molecule is CCCNc1nnc(SCC(=O)Nc2cccc3ccccc23)s1. The van der Waals surface area contributed by atoms with Crippen LogP contribution < -0.4 is 10.6 Å². The van der Waals surface area contributed by atoms with Crippen molar-refractivity contribution < 1.29 is 4.79 Å². The fourth-order valence-corrected chi connectivity index (χ4v) is 3.80. The maximum absolute atomic E-state index is 12.2. The summed E-state index contributed by atoms with van der Waals surface area (Å²) in [5.41, 5.74) is 0.835. The molecule has 0 fully saturated rings. The number of nitrogens with zero attached hydrogens (tertiary/aromatic N) is 2. The Morgan fingerprint density at radius 3 is 2.88 bits per heavy atom. The smallest absolute Gasteiger partial charge is 0.234 e. The van der Waals surface area contributed by atoms with Crippen LogP contribution >= 0.6 is 23.1 Å². The lowest BCUT2D eigenvalue weighted by Crippen LogP contribution is -2.14. The number of anilines is 2. The number of nitrogens with one attached hydrogen (secondary N) is 2. The molecule has 1 amide bonds. The molecule has 0 aliphatic carbocycles. The Hall–Kier alpha value is -2.12. The molecule has 0 unspecified atom stereocenters. The molecular weight excluding hydrogens is 340 g/mol. The zero-order valence-corrected chi connectivity index (χ0v) is 14.9. The molecule has 3 aromatic rings. The van der Waals surface area contributed by atoms with Crippen LogP contribution in [0.1, 0.15) is 13.3 Å². The first-order valence-electron chi connectivity index (χ1n) is 7.74. The summed E-state index contributed by atoms with van der Waals surface area (Å²) in [6.45, 7) is 2.97. The van der Waals surface area contributed by atoms with Gasteiger partial charge in [-0.3, -0.25) is 4.79 Å². The summed E-state index contributed by atoms with van der Waals surface area (Å²) in [6, 6.07) is 13.9. The zero-order chi connectivity index (χ0) is 16.8. The van der Waals surface area contributed by atoms with Gasteiger partial charge >= 0.3 is 0 Å². The van der Waals surface area contributed by atoms with E-state index in [4.69, 9.17) is 0 Å². The number of thioether (sulfide) groups is 1. The predicted molar refractivity (Wildman–Crippen MR) is 102 cm³/mol. The van der Waals surface area contributed by atoms with Gasteiger partial charge in [0.15, 0.2) is 4.34 Å². The van der Waals surface area contributed by atoms with Crippen LogP contribution in [-0.4, -0.2) is 28.4 Å². The minimum absolute atomic E-state index is 0.0466. The first-order chi connectivity index (χ1) is 11.8. The highest BCUT2D eigenvalue weighted by atomic mass is 32.2. The van der Waals surface area contributed by atoms with Crippen LogP contribution in [-0.2, 0) is 4.79 Å². The average Bonchev–Trinajstić information content (AvgIpc) is 3.06. The van der Waals surface area contributed by atoms with Crippen LogP contribution in [0.2, 0.25) is 0 Å². The van der Waals surface area contributed by atoms with E-state index in [-0.39, 0.29) is 5.91 Å². The van der Waals surface area contributed by atoms with Gasteiger partial charge in [0.2, 0.25) is 11.0 Å². The van der Waals surface area contributed by atoms with Gasteiger partial charge in [-0.2, -0.15) is 0 Å². The molecule has 2 N–H and O–H groups in total. The van der Waals surface area contributed by atoms with Crippen molar-refractivity contribution in [2.75, 3.05) is 22.9 Å². The van der Waals surface area contributed by atoms with Gasteiger partial charge in [-0.1, -0.05) is 66.4 Å². The number of aromatic nitrogens is 2. The second-order valence-electron chi connectivity index (χ2n) is 5.16. The van der Waals surface area contributed by atoms with E-state index in [1.54, 1.807) is 0 Å². The normalized spacial score (nSPS) is 10.7. The topological polar surface area (TPSA) is 66.9 Å². The molecule has 0 radical (unpaired) electrons. The molecule has 0 saturated heterocycles. The summed E-state index contributed by atoms with van der Waals surface area (Å²) in [6.07, 6.45) is 1.04. The fourth-order valence-electron chi connectivity index (χ4n) is 2.22. The summed E-state index contributed by atoms with van der Waals surface area (Å²) in [7, 11) is 0. The van der Waals surface area contributed by atoms with Crippen molar-refractivity contribution in [1.29, 1.82) is 0 Å². The Morgan fingerprint density at radius 1 is 1.17 bits per heavy atom. The first-order valence-corrected chi connectivity index (χ1v) is 9.54. The maximum Gasteiger partial charge on any atom is 0.234 e. The van der Waals surface area contributed by atoms with Gasteiger partial charge < -0.3 is 10.6 Å². The van der Waals surface area contributed by atoms with Gasteiger partial charge in [0.05, 0.1) is 5.75 Å². The highest BCUT2D eigenvalue weighted by Crippen LogP contribution is 2.26. The zero-order valence-electron chi connectivity index (χ0n) is 13.3. The summed E-state index contributed by atoms with van der Waals surface area (Å²) in [5.74, 6) is 0.264. The van der Waals surface area contributed by atoms with Crippen LogP contribution in [0.3, 0.4) is 0 Å². The monoisotopic (exact) mass is 358 g/mol. The van der Waals surface area contributed by atoms with Crippen LogP contribution in [0, 0.1) is 0 Å².